The van der Waals surface area contributed by atoms with Crippen LogP contribution < -0.4 is 5.43 Å². The second-order valence-electron chi connectivity index (χ2n) is 7.10. The third-order valence-electron chi connectivity index (χ3n) is 4.93. The molecule has 2 heterocycles. The number of amidine groups is 1. The van der Waals surface area contributed by atoms with Crippen LogP contribution in [0.5, 0.6) is 0 Å². The fourth-order valence-electron chi connectivity index (χ4n) is 3.44. The number of amides is 1. The number of hydrazone groups is 1. The first-order chi connectivity index (χ1) is 15.0. The van der Waals surface area contributed by atoms with Gasteiger partial charge in [-0.1, -0.05) is 48.0 Å². The lowest BCUT2D eigenvalue weighted by Gasteiger charge is -2.32. The monoisotopic (exact) mass is 434 g/mol. The van der Waals surface area contributed by atoms with Crippen LogP contribution in [0.15, 0.2) is 76.0 Å². The molecule has 4 rings (SSSR count). The summed E-state index contributed by atoms with van der Waals surface area (Å²) in [7, 11) is 0. The summed E-state index contributed by atoms with van der Waals surface area (Å²) in [5, 5.41) is 5.05. The Hall–Kier alpha value is -3.39. The zero-order chi connectivity index (χ0) is 22.0. The van der Waals surface area contributed by atoms with E-state index in [1.165, 1.54) is 16.7 Å². The fourth-order valence-corrected chi connectivity index (χ4v) is 4.35. The number of hydrogen-bond acceptors (Lipinski definition) is 7. The maximum Gasteiger partial charge on any atom is 0.338 e. The SMILES string of the molecule is CCOC(=O)C1=C(C)N=C2SC(=NNc3ccccc3)C(=O)N2C1c1ccc(C)cc1. The first-order valence-electron chi connectivity index (χ1n) is 9.93. The lowest BCUT2D eigenvalue weighted by atomic mass is 9.94. The average molecular weight is 435 g/mol. The molecule has 7 nitrogen and oxygen atoms in total. The standard InChI is InChI=1S/C23H22N4O3S/c1-4-30-22(29)18-15(3)24-23-27(19(18)16-12-10-14(2)11-13-16)21(28)20(31-23)26-25-17-8-6-5-7-9-17/h5-13,19,25H,4H2,1-3H3. The van der Waals surface area contributed by atoms with Crippen LogP contribution in [0.25, 0.3) is 0 Å². The van der Waals surface area contributed by atoms with Crippen LogP contribution in [0, 0.1) is 6.92 Å². The summed E-state index contributed by atoms with van der Waals surface area (Å²) >= 11 is 1.18. The average Bonchev–Trinajstić information content (AvgIpc) is 3.07. The highest BCUT2D eigenvalue weighted by atomic mass is 32.2. The van der Waals surface area contributed by atoms with Gasteiger partial charge in [0.05, 0.1) is 29.6 Å². The third kappa shape index (κ3) is 4.11. The van der Waals surface area contributed by atoms with Crippen molar-refractivity contribution in [3.63, 3.8) is 0 Å². The van der Waals surface area contributed by atoms with Gasteiger partial charge in [0.15, 0.2) is 10.2 Å². The number of fused-ring (bicyclic) bond motifs is 1. The van der Waals surface area contributed by atoms with Gasteiger partial charge in [-0.25, -0.2) is 9.79 Å². The van der Waals surface area contributed by atoms with Crippen molar-refractivity contribution >= 4 is 39.5 Å². The molecule has 8 heteroatoms. The van der Waals surface area contributed by atoms with Crippen LogP contribution in [-0.2, 0) is 14.3 Å². The molecule has 1 amide bonds. The molecule has 2 aliphatic rings. The number of benzene rings is 2. The van der Waals surface area contributed by atoms with E-state index in [1.807, 2.05) is 61.5 Å². The van der Waals surface area contributed by atoms with Crippen LogP contribution in [0.3, 0.4) is 0 Å². The number of aliphatic imine (C=N–C) groups is 1. The summed E-state index contributed by atoms with van der Waals surface area (Å²) < 4.78 is 5.29. The summed E-state index contributed by atoms with van der Waals surface area (Å²) in [6.45, 7) is 5.74. The molecule has 0 saturated carbocycles. The minimum absolute atomic E-state index is 0.239. The van der Waals surface area contributed by atoms with E-state index in [1.54, 1.807) is 13.8 Å². The van der Waals surface area contributed by atoms with Crippen molar-refractivity contribution in [2.45, 2.75) is 26.8 Å². The molecule has 0 bridgehead atoms. The molecule has 2 aliphatic heterocycles. The second-order valence-corrected chi connectivity index (χ2v) is 8.06. The number of para-hydroxylation sites is 1. The van der Waals surface area contributed by atoms with Gasteiger partial charge >= 0.3 is 5.97 Å². The van der Waals surface area contributed by atoms with Gasteiger partial charge in [0.2, 0.25) is 0 Å². The molecule has 0 aliphatic carbocycles. The van der Waals surface area contributed by atoms with Crippen molar-refractivity contribution in [3.05, 3.63) is 77.0 Å². The quantitative estimate of drug-likeness (QED) is 0.562. The van der Waals surface area contributed by atoms with Crippen LogP contribution in [0.1, 0.15) is 31.0 Å². The number of carbonyl (C=O) groups is 2. The fraction of sp³-hybridized carbons (Fsp3) is 0.217. The van der Waals surface area contributed by atoms with E-state index in [0.29, 0.717) is 16.4 Å². The first-order valence-corrected chi connectivity index (χ1v) is 10.7. The summed E-state index contributed by atoms with van der Waals surface area (Å²) in [4.78, 5) is 32.2. The van der Waals surface area contributed by atoms with E-state index in [0.717, 1.165) is 16.8 Å². The molecule has 31 heavy (non-hydrogen) atoms. The number of hydrogen-bond donors (Lipinski definition) is 1. The maximum absolute atomic E-state index is 13.3. The van der Waals surface area contributed by atoms with E-state index < -0.39 is 12.0 Å². The maximum atomic E-state index is 13.3. The number of rotatable bonds is 5. The smallest absolute Gasteiger partial charge is 0.338 e. The number of esters is 1. The van der Waals surface area contributed by atoms with Crippen molar-refractivity contribution in [2.24, 2.45) is 10.1 Å². The van der Waals surface area contributed by atoms with Crippen molar-refractivity contribution in [2.75, 3.05) is 12.0 Å². The summed E-state index contributed by atoms with van der Waals surface area (Å²) in [6, 6.07) is 16.5. The lowest BCUT2D eigenvalue weighted by molar-refractivity contribution is -0.139. The van der Waals surface area contributed by atoms with Crippen molar-refractivity contribution < 1.29 is 14.3 Å². The molecule has 1 N–H and O–H groups in total. The van der Waals surface area contributed by atoms with Gasteiger partial charge in [0.25, 0.3) is 5.91 Å². The molecule has 1 atom stereocenters. The van der Waals surface area contributed by atoms with Crippen LogP contribution in [0.2, 0.25) is 0 Å². The van der Waals surface area contributed by atoms with Gasteiger partial charge in [-0.2, -0.15) is 5.10 Å². The summed E-state index contributed by atoms with van der Waals surface area (Å²) in [5.41, 5.74) is 6.48. The van der Waals surface area contributed by atoms with Gasteiger partial charge in [-0.05, 0) is 50.2 Å². The Morgan fingerprint density at radius 2 is 1.87 bits per heavy atom. The highest BCUT2D eigenvalue weighted by molar-refractivity contribution is 8.29. The Morgan fingerprint density at radius 3 is 2.55 bits per heavy atom. The molecular weight excluding hydrogens is 412 g/mol. The highest BCUT2D eigenvalue weighted by Crippen LogP contribution is 2.42. The van der Waals surface area contributed by atoms with E-state index in [9.17, 15) is 9.59 Å². The minimum Gasteiger partial charge on any atom is -0.463 e. The topological polar surface area (TPSA) is 83.4 Å². The number of anilines is 1. The number of ether oxygens (including phenoxy) is 1. The Balaban J connectivity index is 1.73. The molecule has 2 aromatic rings. The van der Waals surface area contributed by atoms with E-state index >= 15 is 0 Å². The number of nitrogens with zero attached hydrogens (tertiary/aromatic N) is 3. The zero-order valence-corrected chi connectivity index (χ0v) is 18.3. The molecule has 0 aromatic heterocycles. The summed E-state index contributed by atoms with van der Waals surface area (Å²) in [5.74, 6) is -0.786. The third-order valence-corrected chi connectivity index (χ3v) is 5.86. The van der Waals surface area contributed by atoms with Gasteiger partial charge in [-0.15, -0.1) is 0 Å². The van der Waals surface area contributed by atoms with E-state index in [4.69, 9.17) is 4.74 Å². The highest BCUT2D eigenvalue weighted by Gasteiger charge is 2.46. The molecule has 1 unspecified atom stereocenters. The number of nitrogens with one attached hydrogen (secondary N) is 1. The zero-order valence-electron chi connectivity index (χ0n) is 17.5. The van der Waals surface area contributed by atoms with E-state index in [-0.39, 0.29) is 17.6 Å². The van der Waals surface area contributed by atoms with Crippen molar-refractivity contribution in [1.82, 2.24) is 4.90 Å². The minimum atomic E-state index is -0.628. The number of carbonyl (C=O) groups excluding carboxylic acids is 2. The van der Waals surface area contributed by atoms with E-state index in [2.05, 4.69) is 15.5 Å². The van der Waals surface area contributed by atoms with Gasteiger partial charge < -0.3 is 4.74 Å². The van der Waals surface area contributed by atoms with Crippen LogP contribution in [0.4, 0.5) is 5.69 Å². The van der Waals surface area contributed by atoms with Gasteiger partial charge in [-0.3, -0.25) is 15.1 Å². The second kappa shape index (κ2) is 8.77. The van der Waals surface area contributed by atoms with Crippen molar-refractivity contribution in [1.29, 1.82) is 0 Å². The number of allylic oxidation sites excluding steroid dienone is 1. The predicted molar refractivity (Wildman–Crippen MR) is 123 cm³/mol. The number of thioether (sulfide) groups is 1. The first kappa shape index (κ1) is 20.9. The summed E-state index contributed by atoms with van der Waals surface area (Å²) in [6.07, 6.45) is 0. The Morgan fingerprint density at radius 1 is 1.16 bits per heavy atom. The van der Waals surface area contributed by atoms with Gasteiger partial charge in [0, 0.05) is 0 Å². The van der Waals surface area contributed by atoms with Crippen LogP contribution >= 0.6 is 11.8 Å². The van der Waals surface area contributed by atoms with Crippen LogP contribution in [-0.4, -0.2) is 33.6 Å². The molecule has 0 radical (unpaired) electrons. The van der Waals surface area contributed by atoms with Crippen molar-refractivity contribution in [3.8, 4) is 0 Å². The molecule has 158 valence electrons. The molecule has 1 saturated heterocycles. The Bertz CT molecular complexity index is 1110. The predicted octanol–water partition coefficient (Wildman–Crippen LogP) is 4.24. The largest absolute Gasteiger partial charge is 0.463 e. The Kier molecular flexibility index (Phi) is 5.90. The molecule has 0 spiro atoms. The normalized spacial score (nSPS) is 19.4. The molecule has 1 fully saturated rings. The molecular formula is C23H22N4O3S. The Labute approximate surface area is 184 Å². The lowest BCUT2D eigenvalue weighted by Crippen LogP contribution is -2.40. The number of aryl methyl sites for hydroxylation is 1. The van der Waals surface area contributed by atoms with Gasteiger partial charge in [0.1, 0.15) is 0 Å². The molecule has 2 aromatic carbocycles.